The van der Waals surface area contributed by atoms with Gasteiger partial charge in [0.2, 0.25) is 0 Å². The first kappa shape index (κ1) is 13.2. The number of nitrogens with one attached hydrogen (secondary N) is 1. The summed E-state index contributed by atoms with van der Waals surface area (Å²) in [7, 11) is 0. The van der Waals surface area contributed by atoms with Gasteiger partial charge < -0.3 is 9.73 Å². The van der Waals surface area contributed by atoms with Gasteiger partial charge >= 0.3 is 0 Å². The van der Waals surface area contributed by atoms with Crippen LogP contribution >= 0.6 is 15.9 Å². The number of nitrogens with zero attached hydrogens (tertiary/aromatic N) is 1. The molecular weight excluding hydrogens is 316 g/mol. The van der Waals surface area contributed by atoms with E-state index in [-0.39, 0.29) is 0 Å². The third-order valence-corrected chi connectivity index (χ3v) is 3.61. The number of benzene rings is 2. The summed E-state index contributed by atoms with van der Waals surface area (Å²) in [4.78, 5) is 4.48. The molecular formula is C16H15BrN2O. The first-order chi connectivity index (χ1) is 9.70. The van der Waals surface area contributed by atoms with Crippen LogP contribution in [0.1, 0.15) is 11.5 Å². The second kappa shape index (κ2) is 5.67. The molecule has 2 aromatic carbocycles. The maximum Gasteiger partial charge on any atom is 0.197 e. The summed E-state index contributed by atoms with van der Waals surface area (Å²) in [5.74, 6) is 0.762. The molecule has 1 aromatic heterocycles. The van der Waals surface area contributed by atoms with Gasteiger partial charge in [-0.25, -0.2) is 4.98 Å². The quantitative estimate of drug-likeness (QED) is 0.762. The Balaban J connectivity index is 1.63. The SMILES string of the molecule is Cc1ccc(NCCc2nc3cc(Br)ccc3o2)cc1. The van der Waals surface area contributed by atoms with Crippen LogP contribution in [0, 0.1) is 6.92 Å². The Labute approximate surface area is 126 Å². The number of hydrogen-bond acceptors (Lipinski definition) is 3. The lowest BCUT2D eigenvalue weighted by Crippen LogP contribution is -2.04. The average Bonchev–Trinajstić information content (AvgIpc) is 2.83. The smallest absolute Gasteiger partial charge is 0.197 e. The minimum absolute atomic E-state index is 0.762. The molecule has 1 N–H and O–H groups in total. The van der Waals surface area contributed by atoms with Crippen LogP contribution in [0.15, 0.2) is 51.4 Å². The van der Waals surface area contributed by atoms with Crippen LogP contribution in [0.4, 0.5) is 5.69 Å². The highest BCUT2D eigenvalue weighted by molar-refractivity contribution is 9.10. The average molecular weight is 331 g/mol. The van der Waals surface area contributed by atoms with Gasteiger partial charge in [0.1, 0.15) is 5.52 Å². The fourth-order valence-electron chi connectivity index (χ4n) is 2.04. The molecule has 102 valence electrons. The first-order valence-electron chi connectivity index (χ1n) is 6.56. The Hall–Kier alpha value is -1.81. The number of oxazole rings is 1. The van der Waals surface area contributed by atoms with Crippen LogP contribution in [0.3, 0.4) is 0 Å². The van der Waals surface area contributed by atoms with Crippen molar-refractivity contribution in [3.8, 4) is 0 Å². The molecule has 0 saturated heterocycles. The van der Waals surface area contributed by atoms with Crippen molar-refractivity contribution in [1.82, 2.24) is 4.98 Å². The second-order valence-electron chi connectivity index (χ2n) is 4.76. The first-order valence-corrected chi connectivity index (χ1v) is 7.35. The predicted octanol–water partition coefficient (Wildman–Crippen LogP) is 4.55. The highest BCUT2D eigenvalue weighted by atomic mass is 79.9. The van der Waals surface area contributed by atoms with Crippen LogP contribution in [-0.2, 0) is 6.42 Å². The van der Waals surface area contributed by atoms with Gasteiger partial charge in [-0.15, -0.1) is 0 Å². The summed E-state index contributed by atoms with van der Waals surface area (Å²) >= 11 is 3.44. The van der Waals surface area contributed by atoms with E-state index < -0.39 is 0 Å². The van der Waals surface area contributed by atoms with Crippen LogP contribution in [0.2, 0.25) is 0 Å². The van der Waals surface area contributed by atoms with Crippen molar-refractivity contribution < 1.29 is 4.42 Å². The van der Waals surface area contributed by atoms with Gasteiger partial charge in [-0.1, -0.05) is 33.6 Å². The molecule has 0 bridgehead atoms. The number of hydrogen-bond donors (Lipinski definition) is 1. The summed E-state index contributed by atoms with van der Waals surface area (Å²) in [6.45, 7) is 2.89. The lowest BCUT2D eigenvalue weighted by Gasteiger charge is -2.04. The van der Waals surface area contributed by atoms with Gasteiger partial charge in [-0.2, -0.15) is 0 Å². The monoisotopic (exact) mass is 330 g/mol. The summed E-state index contributed by atoms with van der Waals surface area (Å²) in [6, 6.07) is 14.2. The molecule has 0 fully saturated rings. The zero-order valence-electron chi connectivity index (χ0n) is 11.2. The van der Waals surface area contributed by atoms with Gasteiger partial charge in [0.05, 0.1) is 0 Å². The molecule has 0 aliphatic heterocycles. The van der Waals surface area contributed by atoms with Crippen molar-refractivity contribution in [2.24, 2.45) is 0 Å². The fraction of sp³-hybridized carbons (Fsp3) is 0.188. The summed E-state index contributed by atoms with van der Waals surface area (Å²) in [5.41, 5.74) is 4.11. The van der Waals surface area contributed by atoms with Crippen molar-refractivity contribution in [3.05, 3.63) is 58.4 Å². The molecule has 0 saturated carbocycles. The molecule has 0 unspecified atom stereocenters. The van der Waals surface area contributed by atoms with E-state index in [2.05, 4.69) is 57.4 Å². The van der Waals surface area contributed by atoms with Crippen LogP contribution < -0.4 is 5.32 Å². The van der Waals surface area contributed by atoms with Gasteiger partial charge in [0.25, 0.3) is 0 Å². The molecule has 0 amide bonds. The highest BCUT2D eigenvalue weighted by Gasteiger charge is 2.05. The Morgan fingerprint density at radius 3 is 2.75 bits per heavy atom. The maximum absolute atomic E-state index is 5.71. The zero-order chi connectivity index (χ0) is 13.9. The van der Waals surface area contributed by atoms with Crippen molar-refractivity contribution in [2.45, 2.75) is 13.3 Å². The normalized spacial score (nSPS) is 10.9. The fourth-order valence-corrected chi connectivity index (χ4v) is 2.39. The minimum Gasteiger partial charge on any atom is -0.441 e. The van der Waals surface area contributed by atoms with Crippen molar-refractivity contribution in [1.29, 1.82) is 0 Å². The number of anilines is 1. The molecule has 3 nitrogen and oxygen atoms in total. The molecule has 0 spiro atoms. The topological polar surface area (TPSA) is 38.1 Å². The molecule has 3 rings (SSSR count). The van der Waals surface area contributed by atoms with Crippen LogP contribution in [0.25, 0.3) is 11.1 Å². The van der Waals surface area contributed by atoms with E-state index in [9.17, 15) is 0 Å². The largest absolute Gasteiger partial charge is 0.441 e. The summed E-state index contributed by atoms with van der Waals surface area (Å²) in [5, 5.41) is 3.37. The Morgan fingerprint density at radius 1 is 1.15 bits per heavy atom. The molecule has 0 aliphatic rings. The van der Waals surface area contributed by atoms with Gasteiger partial charge in [-0.3, -0.25) is 0 Å². The van der Waals surface area contributed by atoms with Crippen LogP contribution in [0.5, 0.6) is 0 Å². The van der Waals surface area contributed by atoms with Gasteiger partial charge in [0.15, 0.2) is 11.5 Å². The predicted molar refractivity (Wildman–Crippen MR) is 85.1 cm³/mol. The second-order valence-corrected chi connectivity index (χ2v) is 5.68. The zero-order valence-corrected chi connectivity index (χ0v) is 12.8. The van der Waals surface area contributed by atoms with Crippen molar-refractivity contribution in [3.63, 3.8) is 0 Å². The lowest BCUT2D eigenvalue weighted by molar-refractivity contribution is 0.534. The molecule has 0 aliphatic carbocycles. The Morgan fingerprint density at radius 2 is 1.95 bits per heavy atom. The van der Waals surface area contributed by atoms with Crippen LogP contribution in [-0.4, -0.2) is 11.5 Å². The minimum atomic E-state index is 0.762. The van der Waals surface area contributed by atoms with E-state index in [1.54, 1.807) is 0 Å². The summed E-state index contributed by atoms with van der Waals surface area (Å²) in [6.07, 6.45) is 0.764. The Bertz CT molecular complexity index is 719. The number of aryl methyl sites for hydroxylation is 1. The van der Waals surface area contributed by atoms with E-state index in [4.69, 9.17) is 4.42 Å². The number of rotatable bonds is 4. The van der Waals surface area contributed by atoms with E-state index >= 15 is 0 Å². The molecule has 4 heteroatoms. The van der Waals surface area contributed by atoms with E-state index in [1.807, 2.05) is 18.2 Å². The lowest BCUT2D eigenvalue weighted by atomic mass is 10.2. The number of fused-ring (bicyclic) bond motifs is 1. The molecule has 0 radical (unpaired) electrons. The van der Waals surface area contributed by atoms with Crippen molar-refractivity contribution in [2.75, 3.05) is 11.9 Å². The number of halogens is 1. The highest BCUT2D eigenvalue weighted by Crippen LogP contribution is 2.20. The maximum atomic E-state index is 5.71. The van der Waals surface area contributed by atoms with E-state index in [0.29, 0.717) is 0 Å². The molecule has 20 heavy (non-hydrogen) atoms. The summed E-state index contributed by atoms with van der Waals surface area (Å²) < 4.78 is 6.72. The molecule has 1 heterocycles. The van der Waals surface area contributed by atoms with E-state index in [0.717, 1.165) is 40.1 Å². The Kier molecular flexibility index (Phi) is 3.74. The third kappa shape index (κ3) is 3.02. The van der Waals surface area contributed by atoms with Gasteiger partial charge in [-0.05, 0) is 37.3 Å². The molecule has 0 atom stereocenters. The van der Waals surface area contributed by atoms with E-state index in [1.165, 1.54) is 5.56 Å². The molecule has 3 aromatic rings. The third-order valence-electron chi connectivity index (χ3n) is 3.11. The van der Waals surface area contributed by atoms with Crippen molar-refractivity contribution >= 4 is 32.7 Å². The van der Waals surface area contributed by atoms with Gasteiger partial charge in [0, 0.05) is 23.1 Å². The number of aromatic nitrogens is 1. The standard InChI is InChI=1S/C16H15BrN2O/c1-11-2-5-13(6-3-11)18-9-8-16-19-14-10-12(17)4-7-15(14)20-16/h2-7,10,18H,8-9H2,1H3.